The molecule has 2 spiro atoms. The van der Waals surface area contributed by atoms with E-state index >= 15 is 0 Å². The molecule has 1 saturated heterocycles. The molecule has 2 bridgehead atoms. The molecule has 2 saturated carbocycles. The summed E-state index contributed by atoms with van der Waals surface area (Å²) in [4.78, 5) is 0.527. The van der Waals surface area contributed by atoms with E-state index in [2.05, 4.69) is 75.8 Å². The van der Waals surface area contributed by atoms with Gasteiger partial charge in [-0.1, -0.05) is 62.7 Å². The van der Waals surface area contributed by atoms with Gasteiger partial charge in [0.15, 0.2) is 8.32 Å². The third-order valence-corrected chi connectivity index (χ3v) is 15.8. The Morgan fingerprint density at radius 2 is 1.90 bits per heavy atom. The molecule has 3 fully saturated rings. The molecule has 30 heavy (non-hydrogen) atoms. The molecule has 7 atom stereocenters. The summed E-state index contributed by atoms with van der Waals surface area (Å²) in [6, 6.07) is 0. The van der Waals surface area contributed by atoms with Gasteiger partial charge in [0.05, 0.1) is 17.3 Å². The highest BCUT2D eigenvalue weighted by molar-refractivity contribution is 9.09. The first kappa shape index (κ1) is 21.9. The molecule has 2 heterocycles. The average Bonchev–Trinajstić information content (AvgIpc) is 3.12. The van der Waals surface area contributed by atoms with Crippen LogP contribution in [0.2, 0.25) is 18.1 Å². The molecular weight excluding hydrogens is 452 g/mol. The van der Waals surface area contributed by atoms with Crippen LogP contribution in [-0.2, 0) is 9.16 Å². The lowest BCUT2D eigenvalue weighted by molar-refractivity contribution is -0.148. The van der Waals surface area contributed by atoms with Crippen molar-refractivity contribution in [1.29, 1.82) is 0 Å². The van der Waals surface area contributed by atoms with E-state index in [1.165, 1.54) is 44.1 Å². The van der Waals surface area contributed by atoms with Gasteiger partial charge in [-0.2, -0.15) is 0 Å². The minimum absolute atomic E-state index is 0.0246. The maximum atomic E-state index is 7.31. The number of hydrogen-bond acceptors (Lipinski definition) is 2. The Morgan fingerprint density at radius 3 is 2.60 bits per heavy atom. The topological polar surface area (TPSA) is 18.5 Å². The van der Waals surface area contributed by atoms with Crippen LogP contribution < -0.4 is 0 Å². The average molecular weight is 494 g/mol. The van der Waals surface area contributed by atoms with E-state index in [0.29, 0.717) is 22.8 Å². The smallest absolute Gasteiger partial charge is 0.192 e. The molecule has 0 aromatic carbocycles. The second kappa shape index (κ2) is 6.58. The van der Waals surface area contributed by atoms with E-state index in [9.17, 15) is 0 Å². The number of alkyl halides is 1. The lowest BCUT2D eigenvalue weighted by Gasteiger charge is -2.56. The molecule has 0 aromatic rings. The Morgan fingerprint density at radius 1 is 1.17 bits per heavy atom. The standard InChI is InChI=1S/C26H41BrO2Si/c1-17-14-19-15-18-10-11-24(5)21(8-9-22(24)28-30(6,7)23(2,3)4)26(18)13-12-25(19,29-26)16-20(17)27/h14-15,17,20-22H,8-13,16H2,1-7H3/t17-,20+,21+,22-,24-,25+,26+/m0/s1. The third-order valence-electron chi connectivity index (χ3n) is 10.2. The zero-order valence-corrected chi connectivity index (χ0v) is 22.7. The first-order valence-corrected chi connectivity index (χ1v) is 16.1. The SMILES string of the molecule is C[C@H]1C=C2C=C3CC[C@]4(C)[C@@H](O[Si](C)(C)C(C)(C)C)CC[C@H]4[C@@]34CC[C@]2(C[C@H]1Br)O4. The van der Waals surface area contributed by atoms with Crippen molar-refractivity contribution in [3.05, 3.63) is 23.3 Å². The van der Waals surface area contributed by atoms with Crippen molar-refractivity contribution >= 4 is 24.2 Å². The summed E-state index contributed by atoms with van der Waals surface area (Å²) in [5, 5.41) is 0.265. The Labute approximate surface area is 193 Å². The summed E-state index contributed by atoms with van der Waals surface area (Å²) < 4.78 is 14.4. The van der Waals surface area contributed by atoms with Crippen LogP contribution in [0, 0.1) is 17.3 Å². The molecule has 168 valence electrons. The van der Waals surface area contributed by atoms with Gasteiger partial charge in [0.1, 0.15) is 0 Å². The van der Waals surface area contributed by atoms with Crippen LogP contribution in [0.5, 0.6) is 0 Å². The van der Waals surface area contributed by atoms with Gasteiger partial charge in [0.2, 0.25) is 0 Å². The second-order valence-corrected chi connectivity index (χ2v) is 18.8. The maximum Gasteiger partial charge on any atom is 0.192 e. The molecule has 4 heteroatoms. The summed E-state index contributed by atoms with van der Waals surface area (Å²) in [5.74, 6) is 1.19. The van der Waals surface area contributed by atoms with Crippen molar-refractivity contribution in [2.24, 2.45) is 17.3 Å². The monoisotopic (exact) mass is 492 g/mol. The van der Waals surface area contributed by atoms with Crippen molar-refractivity contribution in [1.82, 2.24) is 0 Å². The van der Waals surface area contributed by atoms with E-state index in [1.54, 1.807) is 5.57 Å². The maximum absolute atomic E-state index is 7.31. The normalized spacial score (nSPS) is 47.9. The number of halogens is 1. The lowest BCUT2D eigenvalue weighted by Crippen LogP contribution is -2.57. The Bertz CT molecular complexity index is 810. The summed E-state index contributed by atoms with van der Waals surface area (Å²) in [7, 11) is -1.78. The van der Waals surface area contributed by atoms with Crippen molar-refractivity contribution in [2.45, 2.75) is 120 Å². The van der Waals surface area contributed by atoms with Gasteiger partial charge in [0, 0.05) is 4.83 Å². The molecule has 0 unspecified atom stereocenters. The minimum atomic E-state index is -1.78. The third kappa shape index (κ3) is 2.85. The molecule has 5 aliphatic rings. The predicted octanol–water partition coefficient (Wildman–Crippen LogP) is 7.54. The van der Waals surface area contributed by atoms with E-state index < -0.39 is 8.32 Å². The highest BCUT2D eigenvalue weighted by atomic mass is 79.9. The van der Waals surface area contributed by atoms with Crippen LogP contribution >= 0.6 is 15.9 Å². The van der Waals surface area contributed by atoms with Crippen LogP contribution in [0.3, 0.4) is 0 Å². The zero-order valence-electron chi connectivity index (χ0n) is 20.1. The molecule has 2 nitrogen and oxygen atoms in total. The molecule has 2 aliphatic heterocycles. The van der Waals surface area contributed by atoms with Crippen LogP contribution in [0.4, 0.5) is 0 Å². The molecule has 5 rings (SSSR count). The largest absolute Gasteiger partial charge is 0.413 e. The van der Waals surface area contributed by atoms with Crippen LogP contribution in [0.15, 0.2) is 23.3 Å². The van der Waals surface area contributed by atoms with Crippen molar-refractivity contribution in [3.8, 4) is 0 Å². The number of fused-ring (bicyclic) bond motifs is 1. The van der Waals surface area contributed by atoms with Crippen LogP contribution in [0.1, 0.15) is 79.6 Å². The van der Waals surface area contributed by atoms with E-state index in [4.69, 9.17) is 9.16 Å². The zero-order chi connectivity index (χ0) is 21.7. The predicted molar refractivity (Wildman–Crippen MR) is 131 cm³/mol. The molecular formula is C26H41BrO2Si. The van der Waals surface area contributed by atoms with Gasteiger partial charge in [-0.25, -0.2) is 0 Å². The van der Waals surface area contributed by atoms with Gasteiger partial charge in [0.25, 0.3) is 0 Å². The van der Waals surface area contributed by atoms with Gasteiger partial charge in [-0.3, -0.25) is 0 Å². The van der Waals surface area contributed by atoms with Crippen molar-refractivity contribution in [2.75, 3.05) is 0 Å². The number of rotatable bonds is 2. The summed E-state index contributed by atoms with van der Waals surface area (Å²) in [5.41, 5.74) is 3.28. The minimum Gasteiger partial charge on any atom is -0.413 e. The van der Waals surface area contributed by atoms with Crippen LogP contribution in [0.25, 0.3) is 0 Å². The Kier molecular flexibility index (Phi) is 4.81. The van der Waals surface area contributed by atoms with Gasteiger partial charge < -0.3 is 9.16 Å². The highest BCUT2D eigenvalue weighted by Gasteiger charge is 2.67. The molecule has 3 aliphatic carbocycles. The fraction of sp³-hybridized carbons (Fsp3) is 0.846. The number of ether oxygens (including phenoxy) is 1. The quantitative estimate of drug-likeness (QED) is 0.292. The number of hydrogen-bond donors (Lipinski definition) is 0. The molecule has 0 N–H and O–H groups in total. The van der Waals surface area contributed by atoms with Gasteiger partial charge >= 0.3 is 0 Å². The first-order valence-electron chi connectivity index (χ1n) is 12.3. The molecule has 0 radical (unpaired) electrons. The van der Waals surface area contributed by atoms with Gasteiger partial charge in [-0.05, 0) is 91.5 Å². The molecule has 0 aromatic heterocycles. The van der Waals surface area contributed by atoms with Crippen LogP contribution in [-0.4, -0.2) is 30.5 Å². The Balaban J connectivity index is 1.49. The highest BCUT2D eigenvalue weighted by Crippen LogP contribution is 2.68. The van der Waals surface area contributed by atoms with Crippen molar-refractivity contribution in [3.63, 3.8) is 0 Å². The summed E-state index contributed by atoms with van der Waals surface area (Å²) >= 11 is 3.96. The van der Waals surface area contributed by atoms with Crippen molar-refractivity contribution < 1.29 is 9.16 Å². The van der Waals surface area contributed by atoms with Gasteiger partial charge in [-0.15, -0.1) is 0 Å². The number of allylic oxidation sites excluding steroid dienone is 1. The Hall–Kier alpha value is 0.0969. The summed E-state index contributed by atoms with van der Waals surface area (Å²) in [6.07, 6.45) is 13.9. The fourth-order valence-electron chi connectivity index (χ4n) is 7.24. The lowest BCUT2D eigenvalue weighted by atomic mass is 9.58. The van der Waals surface area contributed by atoms with E-state index in [-0.39, 0.29) is 21.7 Å². The first-order chi connectivity index (χ1) is 13.8. The summed E-state index contributed by atoms with van der Waals surface area (Å²) in [6.45, 7) is 16.8. The van der Waals surface area contributed by atoms with E-state index in [1.807, 2.05) is 0 Å². The molecule has 0 amide bonds. The fourth-order valence-corrected chi connectivity index (χ4v) is 9.37. The van der Waals surface area contributed by atoms with E-state index in [0.717, 1.165) is 6.42 Å². The second-order valence-electron chi connectivity index (χ2n) is 12.9.